The van der Waals surface area contributed by atoms with Crippen LogP contribution >= 0.6 is 0 Å². The Morgan fingerprint density at radius 1 is 1.25 bits per heavy atom. The number of pyridine rings is 1. The van der Waals surface area contributed by atoms with Gasteiger partial charge in [0.1, 0.15) is 17.4 Å². The van der Waals surface area contributed by atoms with Crippen LogP contribution in [0.4, 0.5) is 24.8 Å². The van der Waals surface area contributed by atoms with Crippen molar-refractivity contribution in [1.29, 1.82) is 0 Å². The molecule has 1 aromatic carbocycles. The maximum absolute atomic E-state index is 12.3. The minimum atomic E-state index is -4.38. The number of hydrogen-bond acceptors (Lipinski definition) is 5. The molecule has 1 unspecified atom stereocenters. The number of para-hydroxylation sites is 1. The zero-order valence-corrected chi connectivity index (χ0v) is 20.4. The van der Waals surface area contributed by atoms with Crippen molar-refractivity contribution in [3.8, 4) is 0 Å². The molecule has 1 amide bonds. The van der Waals surface area contributed by atoms with E-state index in [4.69, 9.17) is 10.5 Å². The lowest BCUT2D eigenvalue weighted by atomic mass is 10.1. The third-order valence-corrected chi connectivity index (χ3v) is 5.28. The van der Waals surface area contributed by atoms with Crippen molar-refractivity contribution in [1.82, 2.24) is 14.9 Å². The summed E-state index contributed by atoms with van der Waals surface area (Å²) in [6, 6.07) is 13.6. The van der Waals surface area contributed by atoms with Gasteiger partial charge in [-0.25, -0.2) is 4.98 Å². The first-order valence-corrected chi connectivity index (χ1v) is 11.5. The van der Waals surface area contributed by atoms with Crippen molar-refractivity contribution in [2.75, 3.05) is 17.7 Å². The highest BCUT2D eigenvalue weighted by Gasteiger charge is 2.29. The highest BCUT2D eigenvalue weighted by Crippen LogP contribution is 2.22. The number of carbonyl (C=O) groups is 1. The molecule has 0 fully saturated rings. The van der Waals surface area contributed by atoms with Gasteiger partial charge in [-0.05, 0) is 49.8 Å². The Morgan fingerprint density at radius 2 is 2.00 bits per heavy atom. The number of ether oxygens (including phenoxy) is 1. The Morgan fingerprint density at radius 3 is 2.69 bits per heavy atom. The van der Waals surface area contributed by atoms with Crippen molar-refractivity contribution in [2.45, 2.75) is 46.0 Å². The van der Waals surface area contributed by atoms with E-state index in [1.165, 1.54) is 11.5 Å². The third-order valence-electron chi connectivity index (χ3n) is 5.28. The first-order chi connectivity index (χ1) is 17.0. The molecule has 4 rings (SSSR count). The summed E-state index contributed by atoms with van der Waals surface area (Å²) in [6.45, 7) is 4.62. The number of nitrogens with one attached hydrogen (secondary N) is 2. The molecule has 4 N–H and O–H groups in total. The maximum atomic E-state index is 12.3. The molecule has 0 radical (unpaired) electrons. The van der Waals surface area contributed by atoms with Crippen molar-refractivity contribution >= 4 is 28.4 Å². The van der Waals surface area contributed by atoms with Crippen molar-refractivity contribution < 1.29 is 22.7 Å². The van der Waals surface area contributed by atoms with Crippen LogP contribution in [-0.2, 0) is 16.1 Å². The molecule has 0 saturated heterocycles. The summed E-state index contributed by atoms with van der Waals surface area (Å²) in [5, 5.41) is 3.89. The Hall–Kier alpha value is -3.95. The van der Waals surface area contributed by atoms with Crippen LogP contribution in [0.1, 0.15) is 31.5 Å². The predicted molar refractivity (Wildman–Crippen MR) is 135 cm³/mol. The molecule has 0 saturated carbocycles. The smallest absolute Gasteiger partial charge is 0.422 e. The minimum Gasteiger partial charge on any atom is -0.483 e. The van der Waals surface area contributed by atoms with E-state index < -0.39 is 12.8 Å². The highest BCUT2D eigenvalue weighted by molar-refractivity contribution is 5.89. The average Bonchev–Trinajstić information content (AvgIpc) is 3.19. The van der Waals surface area contributed by atoms with Crippen molar-refractivity contribution in [3.05, 3.63) is 77.8 Å². The minimum absolute atomic E-state index is 0.00427. The Labute approximate surface area is 207 Å². The molecule has 2 aromatic heterocycles. The van der Waals surface area contributed by atoms with Crippen LogP contribution in [0.25, 0.3) is 10.9 Å². The molecule has 0 bridgehead atoms. The van der Waals surface area contributed by atoms with Gasteiger partial charge in [0, 0.05) is 41.8 Å². The van der Waals surface area contributed by atoms with Gasteiger partial charge in [-0.3, -0.25) is 4.79 Å². The number of rotatable bonds is 6. The van der Waals surface area contributed by atoms with E-state index in [0.717, 1.165) is 22.6 Å². The van der Waals surface area contributed by atoms with E-state index >= 15 is 0 Å². The number of nitrogen functional groups attached to an aromatic ring is 1. The molecule has 0 aliphatic carbocycles. The van der Waals surface area contributed by atoms with Crippen LogP contribution in [-0.4, -0.2) is 39.6 Å². The molecule has 192 valence electrons. The number of aromatic amines is 1. The van der Waals surface area contributed by atoms with Crippen LogP contribution in [0.3, 0.4) is 0 Å². The second-order valence-electron chi connectivity index (χ2n) is 8.42. The number of anilines is 2. The number of alkyl halides is 3. The van der Waals surface area contributed by atoms with E-state index in [2.05, 4.69) is 15.3 Å². The first kappa shape index (κ1) is 26.7. The summed E-state index contributed by atoms with van der Waals surface area (Å²) >= 11 is 0. The standard InChI is InChI=1S/C18H22F3N3O2.C8H8N2/c1-4-17(25)23-16-8-14(7-12(2)22-16)9-24-10-15(6-5-13(24)3)26-11-18(19,20)21;9-8-5-6-3-1-2-4-7(6)10-8/h5-8,10,13H,4,9,11H2,1-3H3,(H,22,23,25);1-5,10H,9H2. The molecular weight excluding hydrogens is 471 g/mol. The Kier molecular flexibility index (Phi) is 8.63. The van der Waals surface area contributed by atoms with Crippen LogP contribution in [0.2, 0.25) is 0 Å². The SMILES string of the molecule is CCC(=O)Nc1cc(CN2C=C(OCC(F)(F)F)C=CC2C)cc(C)n1.Nc1cc2ccccc2[nH]1. The zero-order chi connectivity index (χ0) is 26.3. The molecule has 10 heteroatoms. The van der Waals surface area contributed by atoms with E-state index in [9.17, 15) is 18.0 Å². The fourth-order valence-electron chi connectivity index (χ4n) is 3.54. The van der Waals surface area contributed by atoms with Gasteiger partial charge in [-0.1, -0.05) is 31.2 Å². The van der Waals surface area contributed by atoms with E-state index in [1.807, 2.05) is 55.1 Å². The molecule has 3 aromatic rings. The van der Waals surface area contributed by atoms with Crippen molar-refractivity contribution in [3.63, 3.8) is 0 Å². The highest BCUT2D eigenvalue weighted by atomic mass is 19.4. The lowest BCUT2D eigenvalue weighted by Crippen LogP contribution is -2.29. The Balaban J connectivity index is 0.000000297. The van der Waals surface area contributed by atoms with Crippen LogP contribution in [0.15, 0.2) is 66.6 Å². The topological polar surface area (TPSA) is 96.3 Å². The summed E-state index contributed by atoms with van der Waals surface area (Å²) in [5.74, 6) is 1.21. The third kappa shape index (κ3) is 8.07. The number of nitrogens with zero attached hydrogens (tertiary/aromatic N) is 2. The lowest BCUT2D eigenvalue weighted by molar-refractivity contribution is -0.164. The van der Waals surface area contributed by atoms with Crippen LogP contribution in [0, 0.1) is 6.92 Å². The number of H-pyrrole nitrogens is 1. The molecule has 36 heavy (non-hydrogen) atoms. The van der Waals surface area contributed by atoms with Gasteiger partial charge >= 0.3 is 6.18 Å². The number of allylic oxidation sites excluding steroid dienone is 1. The summed E-state index contributed by atoms with van der Waals surface area (Å²) < 4.78 is 41.8. The van der Waals surface area contributed by atoms with Gasteiger partial charge in [0.25, 0.3) is 0 Å². The molecular formula is C26H30F3N5O2. The molecule has 1 atom stereocenters. The fourth-order valence-corrected chi connectivity index (χ4v) is 3.54. The monoisotopic (exact) mass is 501 g/mol. The number of carbonyl (C=O) groups excluding carboxylic acids is 1. The largest absolute Gasteiger partial charge is 0.483 e. The second-order valence-corrected chi connectivity index (χ2v) is 8.42. The first-order valence-electron chi connectivity index (χ1n) is 11.5. The molecule has 0 spiro atoms. The Bertz CT molecular complexity index is 1220. The molecule has 1 aliphatic rings. The average molecular weight is 502 g/mol. The van der Waals surface area contributed by atoms with Gasteiger partial charge in [0.15, 0.2) is 6.61 Å². The molecule has 3 heterocycles. The number of benzene rings is 1. The molecule has 7 nitrogen and oxygen atoms in total. The van der Waals surface area contributed by atoms with Gasteiger partial charge in [-0.15, -0.1) is 0 Å². The van der Waals surface area contributed by atoms with Gasteiger partial charge in [0.2, 0.25) is 5.91 Å². The number of halogens is 3. The number of amides is 1. The normalized spacial score (nSPS) is 15.2. The second kappa shape index (κ2) is 11.7. The van der Waals surface area contributed by atoms with Crippen LogP contribution in [0.5, 0.6) is 0 Å². The van der Waals surface area contributed by atoms with E-state index in [0.29, 0.717) is 18.8 Å². The maximum Gasteiger partial charge on any atom is 0.422 e. The predicted octanol–water partition coefficient (Wildman–Crippen LogP) is 5.67. The zero-order valence-electron chi connectivity index (χ0n) is 20.4. The summed E-state index contributed by atoms with van der Waals surface area (Å²) in [4.78, 5) is 20.7. The van der Waals surface area contributed by atoms with Gasteiger partial charge < -0.3 is 25.7 Å². The lowest BCUT2D eigenvalue weighted by Gasteiger charge is -2.29. The summed E-state index contributed by atoms with van der Waals surface area (Å²) in [7, 11) is 0. The van der Waals surface area contributed by atoms with Crippen LogP contribution < -0.4 is 11.1 Å². The van der Waals surface area contributed by atoms with Gasteiger partial charge in [-0.2, -0.15) is 13.2 Å². The summed E-state index contributed by atoms with van der Waals surface area (Å²) in [5.41, 5.74) is 8.26. The molecule has 1 aliphatic heterocycles. The number of hydrogen-bond donors (Lipinski definition) is 3. The van der Waals surface area contributed by atoms with Crippen molar-refractivity contribution in [2.24, 2.45) is 0 Å². The number of nitrogens with two attached hydrogens (primary N) is 1. The fraction of sp³-hybridized carbons (Fsp3) is 0.308. The summed E-state index contributed by atoms with van der Waals surface area (Å²) in [6.07, 6.45) is 0.853. The van der Waals surface area contributed by atoms with E-state index in [1.54, 1.807) is 25.3 Å². The number of fused-ring (bicyclic) bond motifs is 1. The number of aryl methyl sites for hydroxylation is 1. The van der Waals surface area contributed by atoms with Gasteiger partial charge in [0.05, 0.1) is 0 Å². The van der Waals surface area contributed by atoms with E-state index in [-0.39, 0.29) is 17.7 Å². The number of aromatic nitrogens is 2. The quantitative estimate of drug-likeness (QED) is 0.405.